The Hall–Kier alpha value is -2.86. The Kier molecular flexibility index (Phi) is 5.64. The normalized spacial score (nSPS) is 14.6. The highest BCUT2D eigenvalue weighted by atomic mass is 16.5. The first kappa shape index (κ1) is 17.0. The van der Waals surface area contributed by atoms with Gasteiger partial charge in [-0.3, -0.25) is 4.79 Å². The predicted molar refractivity (Wildman–Crippen MR) is 97.7 cm³/mol. The molecule has 6 nitrogen and oxygen atoms in total. The van der Waals surface area contributed by atoms with Gasteiger partial charge in [-0.15, -0.1) is 0 Å². The van der Waals surface area contributed by atoms with Crippen molar-refractivity contribution in [2.24, 2.45) is 5.92 Å². The molecule has 25 heavy (non-hydrogen) atoms. The van der Waals surface area contributed by atoms with Crippen molar-refractivity contribution in [2.45, 2.75) is 12.8 Å². The predicted octanol–water partition coefficient (Wildman–Crippen LogP) is 3.70. The maximum atomic E-state index is 12.2. The summed E-state index contributed by atoms with van der Waals surface area (Å²) in [4.78, 5) is 24.1. The molecule has 0 aromatic heterocycles. The second-order valence-corrected chi connectivity index (χ2v) is 5.90. The van der Waals surface area contributed by atoms with Crippen LogP contribution in [0.1, 0.15) is 12.8 Å². The van der Waals surface area contributed by atoms with E-state index in [9.17, 15) is 9.59 Å². The van der Waals surface area contributed by atoms with Crippen molar-refractivity contribution < 1.29 is 14.3 Å². The third-order valence-corrected chi connectivity index (χ3v) is 4.03. The number of anilines is 3. The van der Waals surface area contributed by atoms with Crippen molar-refractivity contribution in [3.8, 4) is 0 Å². The number of carbonyl (C=O) groups excluding carboxylic acids is 2. The summed E-state index contributed by atoms with van der Waals surface area (Å²) in [6.45, 7) is 1.27. The van der Waals surface area contributed by atoms with E-state index in [2.05, 4.69) is 16.0 Å². The summed E-state index contributed by atoms with van der Waals surface area (Å²) >= 11 is 0. The molecule has 1 heterocycles. The fourth-order valence-electron chi connectivity index (χ4n) is 2.66. The van der Waals surface area contributed by atoms with Crippen molar-refractivity contribution in [3.05, 3.63) is 54.6 Å². The van der Waals surface area contributed by atoms with E-state index in [0.29, 0.717) is 24.6 Å². The fraction of sp³-hybridized carbons (Fsp3) is 0.263. The summed E-state index contributed by atoms with van der Waals surface area (Å²) in [7, 11) is 0. The number of amides is 3. The van der Waals surface area contributed by atoms with Gasteiger partial charge in [0, 0.05) is 36.2 Å². The molecular weight excluding hydrogens is 318 g/mol. The van der Waals surface area contributed by atoms with Gasteiger partial charge in [-0.25, -0.2) is 4.79 Å². The molecule has 1 fully saturated rings. The number of urea groups is 1. The molecule has 1 saturated heterocycles. The number of hydrogen-bond acceptors (Lipinski definition) is 3. The molecular formula is C19H21N3O3. The Bertz CT molecular complexity index is 710. The molecule has 2 aromatic carbocycles. The minimum atomic E-state index is -0.315. The van der Waals surface area contributed by atoms with Gasteiger partial charge in [0.2, 0.25) is 5.91 Å². The number of para-hydroxylation sites is 1. The highest BCUT2D eigenvalue weighted by Gasteiger charge is 2.21. The third kappa shape index (κ3) is 5.06. The number of nitrogens with one attached hydrogen (secondary N) is 3. The lowest BCUT2D eigenvalue weighted by Crippen LogP contribution is -2.28. The lowest BCUT2D eigenvalue weighted by atomic mass is 9.99. The number of benzene rings is 2. The summed E-state index contributed by atoms with van der Waals surface area (Å²) in [6.07, 6.45) is 1.51. The lowest BCUT2D eigenvalue weighted by molar-refractivity contribution is -0.122. The van der Waals surface area contributed by atoms with E-state index in [1.54, 1.807) is 24.3 Å². The second kappa shape index (κ2) is 8.30. The van der Waals surface area contributed by atoms with E-state index in [4.69, 9.17) is 4.74 Å². The minimum absolute atomic E-state index is 0.00296. The largest absolute Gasteiger partial charge is 0.381 e. The quantitative estimate of drug-likeness (QED) is 0.795. The molecule has 0 radical (unpaired) electrons. The van der Waals surface area contributed by atoms with Crippen LogP contribution in [0, 0.1) is 5.92 Å². The molecule has 0 bridgehead atoms. The molecule has 0 aliphatic carbocycles. The van der Waals surface area contributed by atoms with Crippen LogP contribution in [0.2, 0.25) is 0 Å². The van der Waals surface area contributed by atoms with Crippen LogP contribution in [0.3, 0.4) is 0 Å². The Morgan fingerprint density at radius 3 is 1.88 bits per heavy atom. The van der Waals surface area contributed by atoms with Gasteiger partial charge in [-0.05, 0) is 49.2 Å². The van der Waals surface area contributed by atoms with Gasteiger partial charge in [0.05, 0.1) is 0 Å². The van der Waals surface area contributed by atoms with Crippen molar-refractivity contribution in [1.82, 2.24) is 0 Å². The molecule has 2 aromatic rings. The SMILES string of the molecule is O=C(Nc1ccccc1)Nc1ccc(NC(=O)C2CCOCC2)cc1. The average Bonchev–Trinajstić information content (AvgIpc) is 2.65. The van der Waals surface area contributed by atoms with Gasteiger partial charge in [-0.2, -0.15) is 0 Å². The Balaban J connectivity index is 1.51. The summed E-state index contributed by atoms with van der Waals surface area (Å²) in [6, 6.07) is 16.0. The highest BCUT2D eigenvalue weighted by Crippen LogP contribution is 2.19. The molecule has 1 aliphatic heterocycles. The van der Waals surface area contributed by atoms with E-state index >= 15 is 0 Å². The zero-order chi connectivity index (χ0) is 17.5. The third-order valence-electron chi connectivity index (χ3n) is 4.03. The van der Waals surface area contributed by atoms with Crippen LogP contribution >= 0.6 is 0 Å². The first-order valence-electron chi connectivity index (χ1n) is 8.32. The van der Waals surface area contributed by atoms with E-state index in [1.807, 2.05) is 30.3 Å². The smallest absolute Gasteiger partial charge is 0.323 e. The van der Waals surface area contributed by atoms with Crippen LogP contribution in [0.4, 0.5) is 21.9 Å². The molecule has 3 N–H and O–H groups in total. The van der Waals surface area contributed by atoms with Gasteiger partial charge in [0.25, 0.3) is 0 Å². The maximum absolute atomic E-state index is 12.2. The van der Waals surface area contributed by atoms with Crippen molar-refractivity contribution in [3.63, 3.8) is 0 Å². The maximum Gasteiger partial charge on any atom is 0.323 e. The topological polar surface area (TPSA) is 79.5 Å². The highest BCUT2D eigenvalue weighted by molar-refractivity contribution is 6.00. The molecule has 0 spiro atoms. The molecule has 1 aliphatic rings. The summed E-state index contributed by atoms with van der Waals surface area (Å²) in [5, 5.41) is 8.41. The van der Waals surface area contributed by atoms with Gasteiger partial charge < -0.3 is 20.7 Å². The standard InChI is InChI=1S/C19H21N3O3/c23-18(14-10-12-25-13-11-14)20-16-6-8-17(9-7-16)22-19(24)21-15-4-2-1-3-5-15/h1-9,14H,10-13H2,(H,20,23)(H2,21,22,24). The molecule has 130 valence electrons. The summed E-state index contributed by atoms with van der Waals surface area (Å²) in [5.74, 6) is 0.0223. The zero-order valence-electron chi connectivity index (χ0n) is 13.8. The van der Waals surface area contributed by atoms with Gasteiger partial charge in [-0.1, -0.05) is 18.2 Å². The minimum Gasteiger partial charge on any atom is -0.381 e. The van der Waals surface area contributed by atoms with Crippen LogP contribution in [0.25, 0.3) is 0 Å². The first-order chi connectivity index (χ1) is 12.2. The van der Waals surface area contributed by atoms with Crippen LogP contribution < -0.4 is 16.0 Å². The molecule has 0 saturated carbocycles. The van der Waals surface area contributed by atoms with Crippen LogP contribution in [0.5, 0.6) is 0 Å². The second-order valence-electron chi connectivity index (χ2n) is 5.90. The number of carbonyl (C=O) groups is 2. The van der Waals surface area contributed by atoms with E-state index in [-0.39, 0.29) is 17.9 Å². The molecule has 0 unspecified atom stereocenters. The van der Waals surface area contributed by atoms with Crippen LogP contribution in [0.15, 0.2) is 54.6 Å². The Labute approximate surface area is 146 Å². The summed E-state index contributed by atoms with van der Waals surface area (Å²) in [5.41, 5.74) is 2.09. The van der Waals surface area contributed by atoms with Gasteiger partial charge >= 0.3 is 6.03 Å². The molecule has 6 heteroatoms. The number of ether oxygens (including phenoxy) is 1. The average molecular weight is 339 g/mol. The lowest BCUT2D eigenvalue weighted by Gasteiger charge is -2.21. The number of rotatable bonds is 4. The van der Waals surface area contributed by atoms with Crippen molar-refractivity contribution in [1.29, 1.82) is 0 Å². The van der Waals surface area contributed by atoms with Crippen LogP contribution in [-0.4, -0.2) is 25.2 Å². The van der Waals surface area contributed by atoms with E-state index < -0.39 is 0 Å². The zero-order valence-corrected chi connectivity index (χ0v) is 13.8. The summed E-state index contributed by atoms with van der Waals surface area (Å²) < 4.78 is 5.27. The Morgan fingerprint density at radius 2 is 1.28 bits per heavy atom. The fourth-order valence-corrected chi connectivity index (χ4v) is 2.66. The number of hydrogen-bond donors (Lipinski definition) is 3. The van der Waals surface area contributed by atoms with Crippen LogP contribution in [-0.2, 0) is 9.53 Å². The molecule has 3 rings (SSSR count). The van der Waals surface area contributed by atoms with Gasteiger partial charge in [0.1, 0.15) is 0 Å². The van der Waals surface area contributed by atoms with Crippen molar-refractivity contribution >= 4 is 29.0 Å². The van der Waals surface area contributed by atoms with E-state index in [1.165, 1.54) is 0 Å². The Morgan fingerprint density at radius 1 is 0.760 bits per heavy atom. The molecule has 3 amide bonds. The van der Waals surface area contributed by atoms with Crippen molar-refractivity contribution in [2.75, 3.05) is 29.2 Å². The monoisotopic (exact) mass is 339 g/mol. The van der Waals surface area contributed by atoms with Gasteiger partial charge in [0.15, 0.2) is 0 Å². The first-order valence-corrected chi connectivity index (χ1v) is 8.32. The van der Waals surface area contributed by atoms with E-state index in [0.717, 1.165) is 18.5 Å². The molecule has 0 atom stereocenters.